The lowest BCUT2D eigenvalue weighted by molar-refractivity contribution is 0.0999. The monoisotopic (exact) mass is 226 g/mol. The lowest BCUT2D eigenvalue weighted by atomic mass is 9.93. The first kappa shape index (κ1) is 12.0. The zero-order chi connectivity index (χ0) is 9.97. The fraction of sp³-hybridized carbons (Fsp3) is 0.364. The zero-order valence-electron chi connectivity index (χ0n) is 8.40. The molecule has 1 aliphatic rings. The van der Waals surface area contributed by atoms with E-state index >= 15 is 0 Å². The van der Waals surface area contributed by atoms with Crippen LogP contribution in [-0.4, -0.2) is 19.0 Å². The summed E-state index contributed by atoms with van der Waals surface area (Å²) in [4.78, 5) is 11.2. The summed E-state index contributed by atoms with van der Waals surface area (Å²) in [7, 11) is 0. The number of halogens is 1. The third-order valence-electron chi connectivity index (χ3n) is 2.73. The number of carbonyl (C=O) groups is 1. The Morgan fingerprint density at radius 2 is 2.13 bits per heavy atom. The van der Waals surface area contributed by atoms with Crippen molar-refractivity contribution in [2.75, 3.05) is 13.1 Å². The maximum atomic E-state index is 11.2. The summed E-state index contributed by atoms with van der Waals surface area (Å²) < 4.78 is 0. The summed E-state index contributed by atoms with van der Waals surface area (Å²) in [5, 5.41) is 3.28. The van der Waals surface area contributed by atoms with Gasteiger partial charge in [0.2, 0.25) is 5.91 Å². The summed E-state index contributed by atoms with van der Waals surface area (Å²) in [6, 6.07) is 7.61. The van der Waals surface area contributed by atoms with Gasteiger partial charge >= 0.3 is 0 Å². The standard InChI is InChI=1S/C11H14N2O.ClH/c12-11(14)10-4-2-1-3-9(10)8-5-6-13-7-8;/h1-4,8,13H,5-7H2,(H2,12,14);1H/t8-;/m1./s1. The summed E-state index contributed by atoms with van der Waals surface area (Å²) in [6.07, 6.45) is 1.09. The van der Waals surface area contributed by atoms with E-state index in [2.05, 4.69) is 5.32 Å². The van der Waals surface area contributed by atoms with E-state index in [1.165, 1.54) is 0 Å². The number of amides is 1. The van der Waals surface area contributed by atoms with Crippen molar-refractivity contribution in [3.05, 3.63) is 35.4 Å². The first-order valence-corrected chi connectivity index (χ1v) is 4.88. The highest BCUT2D eigenvalue weighted by Crippen LogP contribution is 2.25. The van der Waals surface area contributed by atoms with E-state index in [0.717, 1.165) is 25.1 Å². The van der Waals surface area contributed by atoms with Crippen molar-refractivity contribution in [3.8, 4) is 0 Å². The number of nitrogens with two attached hydrogens (primary N) is 1. The van der Waals surface area contributed by atoms with Gasteiger partial charge in [-0.25, -0.2) is 0 Å². The summed E-state index contributed by atoms with van der Waals surface area (Å²) in [6.45, 7) is 1.97. The van der Waals surface area contributed by atoms with Crippen LogP contribution >= 0.6 is 12.4 Å². The maximum Gasteiger partial charge on any atom is 0.248 e. The molecule has 0 aliphatic carbocycles. The second kappa shape index (κ2) is 5.14. The van der Waals surface area contributed by atoms with Gasteiger partial charge in [-0.1, -0.05) is 18.2 Å². The second-order valence-corrected chi connectivity index (χ2v) is 3.64. The van der Waals surface area contributed by atoms with Crippen LogP contribution < -0.4 is 11.1 Å². The van der Waals surface area contributed by atoms with E-state index in [1.54, 1.807) is 6.07 Å². The molecule has 3 nitrogen and oxygen atoms in total. The van der Waals surface area contributed by atoms with Gasteiger partial charge in [-0.3, -0.25) is 4.79 Å². The number of benzene rings is 1. The molecule has 1 heterocycles. The van der Waals surface area contributed by atoms with Crippen LogP contribution in [0.15, 0.2) is 24.3 Å². The minimum Gasteiger partial charge on any atom is -0.366 e. The minimum atomic E-state index is -0.326. The van der Waals surface area contributed by atoms with E-state index < -0.39 is 0 Å². The Bertz CT molecular complexity index is 348. The Labute approximate surface area is 95.5 Å². The molecule has 1 aromatic carbocycles. The molecule has 0 saturated carbocycles. The molecular formula is C11H15ClN2O. The van der Waals surface area contributed by atoms with E-state index in [0.29, 0.717) is 11.5 Å². The van der Waals surface area contributed by atoms with Crippen LogP contribution in [0.1, 0.15) is 28.3 Å². The first-order valence-electron chi connectivity index (χ1n) is 4.88. The van der Waals surface area contributed by atoms with Crippen molar-refractivity contribution in [1.82, 2.24) is 5.32 Å². The molecule has 0 spiro atoms. The normalized spacial score (nSPS) is 19.6. The van der Waals surface area contributed by atoms with Crippen molar-refractivity contribution in [2.24, 2.45) is 5.73 Å². The smallest absolute Gasteiger partial charge is 0.248 e. The Balaban J connectivity index is 0.00000112. The van der Waals surface area contributed by atoms with E-state index in [4.69, 9.17) is 5.73 Å². The topological polar surface area (TPSA) is 55.1 Å². The predicted molar refractivity (Wildman–Crippen MR) is 62.4 cm³/mol. The van der Waals surface area contributed by atoms with Gasteiger partial charge in [-0.05, 0) is 30.5 Å². The summed E-state index contributed by atoms with van der Waals surface area (Å²) in [5.41, 5.74) is 7.08. The number of rotatable bonds is 2. The molecule has 1 aromatic rings. The van der Waals surface area contributed by atoms with Gasteiger partial charge in [0, 0.05) is 12.1 Å². The Morgan fingerprint density at radius 1 is 1.40 bits per heavy atom. The van der Waals surface area contributed by atoms with E-state index in [9.17, 15) is 4.79 Å². The second-order valence-electron chi connectivity index (χ2n) is 3.64. The molecule has 1 fully saturated rings. The van der Waals surface area contributed by atoms with Crippen molar-refractivity contribution < 1.29 is 4.79 Å². The fourth-order valence-electron chi connectivity index (χ4n) is 2.00. The molecule has 2 rings (SSSR count). The third-order valence-corrected chi connectivity index (χ3v) is 2.73. The molecule has 1 atom stereocenters. The molecule has 0 unspecified atom stereocenters. The van der Waals surface area contributed by atoms with Gasteiger partial charge in [-0.2, -0.15) is 0 Å². The molecule has 82 valence electrons. The van der Waals surface area contributed by atoms with Crippen LogP contribution in [0.3, 0.4) is 0 Å². The minimum absolute atomic E-state index is 0. The summed E-state index contributed by atoms with van der Waals surface area (Å²) in [5.74, 6) is 0.117. The maximum absolute atomic E-state index is 11.2. The zero-order valence-corrected chi connectivity index (χ0v) is 9.22. The molecular weight excluding hydrogens is 212 g/mol. The molecule has 0 bridgehead atoms. The van der Waals surface area contributed by atoms with Gasteiger partial charge in [0.05, 0.1) is 0 Å². The first-order chi connectivity index (χ1) is 6.79. The van der Waals surface area contributed by atoms with Gasteiger partial charge in [0.15, 0.2) is 0 Å². The van der Waals surface area contributed by atoms with Crippen LogP contribution in [0.5, 0.6) is 0 Å². The van der Waals surface area contributed by atoms with Crippen LogP contribution in [0.25, 0.3) is 0 Å². The molecule has 15 heavy (non-hydrogen) atoms. The Morgan fingerprint density at radius 3 is 2.73 bits per heavy atom. The van der Waals surface area contributed by atoms with E-state index in [1.807, 2.05) is 18.2 Å². The average molecular weight is 227 g/mol. The highest BCUT2D eigenvalue weighted by molar-refractivity contribution is 5.94. The number of primary amides is 1. The van der Waals surface area contributed by atoms with Crippen molar-refractivity contribution in [3.63, 3.8) is 0 Å². The van der Waals surface area contributed by atoms with Crippen molar-refractivity contribution >= 4 is 18.3 Å². The number of nitrogens with one attached hydrogen (secondary N) is 1. The highest BCUT2D eigenvalue weighted by atomic mass is 35.5. The molecule has 3 N–H and O–H groups in total. The molecule has 1 aliphatic heterocycles. The molecule has 0 aromatic heterocycles. The van der Waals surface area contributed by atoms with E-state index in [-0.39, 0.29) is 18.3 Å². The molecule has 4 heteroatoms. The quantitative estimate of drug-likeness (QED) is 0.799. The van der Waals surface area contributed by atoms with Crippen molar-refractivity contribution in [1.29, 1.82) is 0 Å². The predicted octanol–water partition coefficient (Wildman–Crippen LogP) is 1.28. The van der Waals surface area contributed by atoms with Gasteiger partial charge in [-0.15, -0.1) is 12.4 Å². The Hall–Kier alpha value is -1.06. The average Bonchev–Trinajstić information content (AvgIpc) is 2.70. The van der Waals surface area contributed by atoms with Gasteiger partial charge < -0.3 is 11.1 Å². The number of hydrogen-bond donors (Lipinski definition) is 2. The van der Waals surface area contributed by atoms with Crippen LogP contribution in [0.4, 0.5) is 0 Å². The number of carbonyl (C=O) groups excluding carboxylic acids is 1. The number of hydrogen-bond acceptors (Lipinski definition) is 2. The van der Waals surface area contributed by atoms with Gasteiger partial charge in [0.1, 0.15) is 0 Å². The molecule has 1 amide bonds. The SMILES string of the molecule is Cl.NC(=O)c1ccccc1[C@@H]1CCNC1. The van der Waals surface area contributed by atoms with Crippen LogP contribution in [0, 0.1) is 0 Å². The van der Waals surface area contributed by atoms with Crippen LogP contribution in [-0.2, 0) is 0 Å². The van der Waals surface area contributed by atoms with Crippen molar-refractivity contribution in [2.45, 2.75) is 12.3 Å². The Kier molecular flexibility index (Phi) is 4.12. The largest absolute Gasteiger partial charge is 0.366 e. The fourth-order valence-corrected chi connectivity index (χ4v) is 2.00. The lowest BCUT2D eigenvalue weighted by Gasteiger charge is -2.11. The summed E-state index contributed by atoms with van der Waals surface area (Å²) >= 11 is 0. The highest BCUT2D eigenvalue weighted by Gasteiger charge is 2.20. The lowest BCUT2D eigenvalue weighted by Crippen LogP contribution is -2.16. The van der Waals surface area contributed by atoms with Gasteiger partial charge in [0.25, 0.3) is 0 Å². The molecule has 0 radical (unpaired) electrons. The molecule has 1 saturated heterocycles. The third kappa shape index (κ3) is 2.49. The van der Waals surface area contributed by atoms with Crippen LogP contribution in [0.2, 0.25) is 0 Å².